The molecule has 0 saturated carbocycles. The van der Waals surface area contributed by atoms with Crippen LogP contribution >= 0.6 is 0 Å². The van der Waals surface area contributed by atoms with Crippen molar-refractivity contribution in [1.82, 2.24) is 0 Å². The summed E-state index contributed by atoms with van der Waals surface area (Å²) in [6, 6.07) is 42.7. The van der Waals surface area contributed by atoms with E-state index in [4.69, 9.17) is 8.83 Å². The Labute approximate surface area is 262 Å². The van der Waals surface area contributed by atoms with E-state index in [1.807, 2.05) is 91.0 Å². The van der Waals surface area contributed by atoms with Gasteiger partial charge in [0.05, 0.1) is 34.4 Å². The molecule has 0 aliphatic rings. The first-order valence-corrected chi connectivity index (χ1v) is 14.4. The molecule has 0 radical (unpaired) electrons. The van der Waals surface area contributed by atoms with Crippen LogP contribution in [-0.2, 0) is 0 Å². The first-order chi connectivity index (χ1) is 22.6. The van der Waals surface area contributed by atoms with E-state index < -0.39 is 0 Å². The maximum absolute atomic E-state index is 10.7. The van der Waals surface area contributed by atoms with Gasteiger partial charge in [-0.3, -0.25) is 0 Å². The van der Waals surface area contributed by atoms with Gasteiger partial charge in [-0.2, -0.15) is 21.0 Å². The van der Waals surface area contributed by atoms with Crippen molar-refractivity contribution in [2.24, 2.45) is 0 Å². The highest BCUT2D eigenvalue weighted by molar-refractivity contribution is 6.08. The number of rotatable bonds is 3. The number of nitrogens with zero attached hydrogens (tertiary/aromatic N) is 4. The van der Waals surface area contributed by atoms with Gasteiger partial charge < -0.3 is 8.83 Å². The highest BCUT2D eigenvalue weighted by Gasteiger charge is 2.23. The van der Waals surface area contributed by atoms with Gasteiger partial charge in [-0.25, -0.2) is 0 Å². The minimum atomic E-state index is 0.256. The van der Waals surface area contributed by atoms with Crippen LogP contribution in [0.1, 0.15) is 22.3 Å². The minimum Gasteiger partial charge on any atom is -0.456 e. The molecule has 0 spiro atoms. The Kier molecular flexibility index (Phi) is 5.91. The van der Waals surface area contributed by atoms with Crippen molar-refractivity contribution in [3.8, 4) is 57.7 Å². The third kappa shape index (κ3) is 4.00. The second kappa shape index (κ2) is 10.3. The van der Waals surface area contributed by atoms with Gasteiger partial charge >= 0.3 is 0 Å². The van der Waals surface area contributed by atoms with Gasteiger partial charge in [0.15, 0.2) is 0 Å². The molecule has 0 aliphatic carbocycles. The molecular weight excluding hydrogens is 568 g/mol. The SMILES string of the molecule is N#Cc1cc(C#N)cc(-c2c(C#N)c(-c3ccc4oc5ccccc5c4c3)cc(-c3ccc4oc5ccccc5c4c3)c2C#N)c1. The van der Waals surface area contributed by atoms with E-state index in [1.54, 1.807) is 12.1 Å². The molecule has 0 atom stereocenters. The predicted octanol–water partition coefficient (Wildman–Crippen LogP) is 9.97. The van der Waals surface area contributed by atoms with Crippen LogP contribution in [0.15, 0.2) is 118 Å². The summed E-state index contributed by atoms with van der Waals surface area (Å²) in [7, 11) is 0. The first-order valence-electron chi connectivity index (χ1n) is 14.4. The second-order valence-electron chi connectivity index (χ2n) is 11.0. The van der Waals surface area contributed by atoms with Crippen molar-refractivity contribution in [2.75, 3.05) is 0 Å². The third-order valence-corrected chi connectivity index (χ3v) is 8.41. The standard InChI is InChI=1S/C40H18N4O2/c41-19-23-13-24(20-42)15-27(14-23)40-34(21-43)30(25-9-11-38-32(16-25)28-5-1-3-7-36(28)45-38)18-31(35(40)22-44)26-10-12-39-33(17-26)29-6-2-4-8-37(29)46-39/h1-18H. The molecule has 6 heteroatoms. The lowest BCUT2D eigenvalue weighted by Crippen LogP contribution is -1.99. The monoisotopic (exact) mass is 586 g/mol. The molecule has 210 valence electrons. The Morgan fingerprint density at radius 2 is 0.848 bits per heavy atom. The molecule has 0 amide bonds. The van der Waals surface area contributed by atoms with Crippen LogP contribution in [-0.4, -0.2) is 0 Å². The average molecular weight is 587 g/mol. The van der Waals surface area contributed by atoms with Crippen molar-refractivity contribution in [2.45, 2.75) is 0 Å². The van der Waals surface area contributed by atoms with Crippen molar-refractivity contribution in [1.29, 1.82) is 21.0 Å². The number of para-hydroxylation sites is 2. The number of nitriles is 4. The van der Waals surface area contributed by atoms with Crippen molar-refractivity contribution >= 4 is 43.9 Å². The highest BCUT2D eigenvalue weighted by Crippen LogP contribution is 2.43. The molecule has 0 N–H and O–H groups in total. The molecule has 0 aliphatic heterocycles. The molecule has 8 rings (SSSR count). The molecule has 6 nitrogen and oxygen atoms in total. The molecule has 0 bridgehead atoms. The fourth-order valence-corrected chi connectivity index (χ4v) is 6.35. The predicted molar refractivity (Wildman–Crippen MR) is 176 cm³/mol. The maximum atomic E-state index is 10.7. The van der Waals surface area contributed by atoms with E-state index in [-0.39, 0.29) is 22.3 Å². The van der Waals surface area contributed by atoms with Gasteiger partial charge in [0.1, 0.15) is 34.5 Å². The number of benzene rings is 6. The van der Waals surface area contributed by atoms with Crippen LogP contribution in [0.3, 0.4) is 0 Å². The summed E-state index contributed by atoms with van der Waals surface area (Å²) in [4.78, 5) is 0. The Morgan fingerprint density at radius 1 is 0.391 bits per heavy atom. The molecule has 0 fully saturated rings. The van der Waals surface area contributed by atoms with Crippen LogP contribution in [0, 0.1) is 45.3 Å². The first kappa shape index (κ1) is 26.5. The molecule has 8 aromatic rings. The van der Waals surface area contributed by atoms with E-state index in [0.717, 1.165) is 55.0 Å². The summed E-state index contributed by atoms with van der Waals surface area (Å²) in [6.07, 6.45) is 0. The topological polar surface area (TPSA) is 121 Å². The maximum Gasteiger partial charge on any atom is 0.135 e. The number of fused-ring (bicyclic) bond motifs is 6. The molecule has 6 aromatic carbocycles. The Balaban J connectivity index is 1.48. The summed E-state index contributed by atoms with van der Waals surface area (Å²) in [5.74, 6) is 0. The summed E-state index contributed by atoms with van der Waals surface area (Å²) < 4.78 is 12.1. The molecule has 0 saturated heterocycles. The molecule has 2 heterocycles. The average Bonchev–Trinajstić information content (AvgIpc) is 3.67. The molecule has 2 aromatic heterocycles. The van der Waals surface area contributed by atoms with Gasteiger partial charge in [0.2, 0.25) is 0 Å². The van der Waals surface area contributed by atoms with Crippen LogP contribution < -0.4 is 0 Å². The van der Waals surface area contributed by atoms with Crippen molar-refractivity contribution in [3.63, 3.8) is 0 Å². The van der Waals surface area contributed by atoms with Gasteiger partial charge in [-0.1, -0.05) is 48.5 Å². The van der Waals surface area contributed by atoms with Crippen molar-refractivity contribution in [3.05, 3.63) is 131 Å². The quantitative estimate of drug-likeness (QED) is 0.203. The zero-order chi connectivity index (χ0) is 31.4. The zero-order valence-electron chi connectivity index (χ0n) is 24.0. The molecule has 46 heavy (non-hydrogen) atoms. The molecular formula is C40H18N4O2. The summed E-state index contributed by atoms with van der Waals surface area (Å²) in [6.45, 7) is 0. The van der Waals surface area contributed by atoms with Crippen LogP contribution in [0.25, 0.3) is 77.3 Å². The van der Waals surface area contributed by atoms with Crippen LogP contribution in [0.2, 0.25) is 0 Å². The van der Waals surface area contributed by atoms with Crippen LogP contribution in [0.4, 0.5) is 0 Å². The lowest BCUT2D eigenvalue weighted by molar-refractivity contribution is 0.668. The minimum absolute atomic E-state index is 0.256. The van der Waals surface area contributed by atoms with Gasteiger partial charge in [-0.05, 0) is 77.4 Å². The smallest absolute Gasteiger partial charge is 0.135 e. The van der Waals surface area contributed by atoms with Crippen molar-refractivity contribution < 1.29 is 8.83 Å². The Morgan fingerprint density at radius 3 is 1.30 bits per heavy atom. The van der Waals surface area contributed by atoms with E-state index in [2.05, 4.69) is 24.3 Å². The normalized spacial score (nSPS) is 11.0. The van der Waals surface area contributed by atoms with E-state index in [0.29, 0.717) is 22.3 Å². The lowest BCUT2D eigenvalue weighted by atomic mass is 9.83. The van der Waals surface area contributed by atoms with Gasteiger partial charge in [0, 0.05) is 38.2 Å². The van der Waals surface area contributed by atoms with Crippen LogP contribution in [0.5, 0.6) is 0 Å². The number of hydrogen-bond acceptors (Lipinski definition) is 6. The Hall–Kier alpha value is -7.12. The van der Waals surface area contributed by atoms with E-state index >= 15 is 0 Å². The summed E-state index contributed by atoms with van der Waals surface area (Å²) >= 11 is 0. The van der Waals surface area contributed by atoms with E-state index in [9.17, 15) is 21.0 Å². The summed E-state index contributed by atoms with van der Waals surface area (Å²) in [5, 5.41) is 44.7. The van der Waals surface area contributed by atoms with E-state index in [1.165, 1.54) is 6.07 Å². The largest absolute Gasteiger partial charge is 0.456 e. The zero-order valence-corrected chi connectivity index (χ0v) is 24.0. The second-order valence-corrected chi connectivity index (χ2v) is 11.0. The highest BCUT2D eigenvalue weighted by atomic mass is 16.3. The summed E-state index contributed by atoms with van der Waals surface area (Å²) in [5.41, 5.74) is 7.53. The number of furan rings is 2. The third-order valence-electron chi connectivity index (χ3n) is 8.41. The Bertz CT molecular complexity index is 2570. The lowest BCUT2D eigenvalue weighted by Gasteiger charge is -2.17. The fraction of sp³-hybridized carbons (Fsp3) is 0. The van der Waals surface area contributed by atoms with Gasteiger partial charge in [-0.15, -0.1) is 0 Å². The molecule has 0 unspecified atom stereocenters. The number of hydrogen-bond donors (Lipinski definition) is 0. The fourth-order valence-electron chi connectivity index (χ4n) is 6.35. The van der Waals surface area contributed by atoms with Gasteiger partial charge in [0.25, 0.3) is 0 Å².